The van der Waals surface area contributed by atoms with Gasteiger partial charge in [0.1, 0.15) is 5.75 Å². The van der Waals surface area contributed by atoms with Crippen molar-refractivity contribution in [3.05, 3.63) is 29.8 Å². The molecule has 0 atom stereocenters. The van der Waals surface area contributed by atoms with Crippen LogP contribution in [-0.4, -0.2) is 37.0 Å². The number of nitrogens with zero attached hydrogens (tertiary/aromatic N) is 1. The fourth-order valence-electron chi connectivity index (χ4n) is 2.90. The van der Waals surface area contributed by atoms with Crippen LogP contribution in [0.1, 0.15) is 49.9 Å². The molecular formula is C18H28N2O2. The monoisotopic (exact) mass is 304 g/mol. The molecule has 1 fully saturated rings. The topological polar surface area (TPSA) is 55.6 Å². The first-order chi connectivity index (χ1) is 10.4. The van der Waals surface area contributed by atoms with Crippen LogP contribution in [0.25, 0.3) is 0 Å². The van der Waals surface area contributed by atoms with Gasteiger partial charge in [0.15, 0.2) is 0 Å². The molecule has 0 radical (unpaired) electrons. The number of hydrogen-bond acceptors (Lipinski definition) is 3. The normalized spacial score (nSPS) is 15.8. The molecule has 0 saturated heterocycles. The first-order valence-electron chi connectivity index (χ1n) is 8.13. The number of nitrogens with two attached hydrogens (primary N) is 1. The van der Waals surface area contributed by atoms with E-state index in [2.05, 4.69) is 13.8 Å². The van der Waals surface area contributed by atoms with E-state index in [9.17, 15) is 4.79 Å². The maximum absolute atomic E-state index is 12.6. The quantitative estimate of drug-likeness (QED) is 0.878. The smallest absolute Gasteiger partial charge is 0.253 e. The molecule has 0 spiro atoms. The average molecular weight is 304 g/mol. The summed E-state index contributed by atoms with van der Waals surface area (Å²) in [5.74, 6) is 0.808. The van der Waals surface area contributed by atoms with Crippen molar-refractivity contribution in [3.8, 4) is 5.75 Å². The van der Waals surface area contributed by atoms with Crippen molar-refractivity contribution in [1.29, 1.82) is 0 Å². The fraction of sp³-hybridized carbons (Fsp3) is 0.611. The number of hydrogen-bond donors (Lipinski definition) is 1. The van der Waals surface area contributed by atoms with Gasteiger partial charge in [0.05, 0.1) is 6.10 Å². The maximum Gasteiger partial charge on any atom is 0.253 e. The lowest BCUT2D eigenvalue weighted by Gasteiger charge is -2.29. The molecule has 2 rings (SSSR count). The summed E-state index contributed by atoms with van der Waals surface area (Å²) in [6.07, 6.45) is 5.01. The number of amides is 1. The summed E-state index contributed by atoms with van der Waals surface area (Å²) in [6.45, 7) is 5.32. The Kier molecular flexibility index (Phi) is 5.46. The molecule has 0 bridgehead atoms. The molecule has 1 saturated carbocycles. The highest BCUT2D eigenvalue weighted by Crippen LogP contribution is 2.25. The molecule has 0 heterocycles. The zero-order chi connectivity index (χ0) is 16.2. The number of rotatable bonds is 6. The Morgan fingerprint density at radius 3 is 2.68 bits per heavy atom. The van der Waals surface area contributed by atoms with Crippen LogP contribution in [0.4, 0.5) is 0 Å². The molecule has 1 aromatic rings. The minimum Gasteiger partial charge on any atom is -0.490 e. The van der Waals surface area contributed by atoms with E-state index in [0.29, 0.717) is 24.8 Å². The Morgan fingerprint density at radius 1 is 1.36 bits per heavy atom. The van der Waals surface area contributed by atoms with E-state index in [1.54, 1.807) is 4.90 Å². The van der Waals surface area contributed by atoms with Gasteiger partial charge in [0.25, 0.3) is 5.91 Å². The first-order valence-corrected chi connectivity index (χ1v) is 8.13. The van der Waals surface area contributed by atoms with Crippen molar-refractivity contribution in [3.63, 3.8) is 0 Å². The lowest BCUT2D eigenvalue weighted by Crippen LogP contribution is -2.39. The second kappa shape index (κ2) is 7.14. The Bertz CT molecular complexity index is 508. The number of carbonyl (C=O) groups is 1. The summed E-state index contributed by atoms with van der Waals surface area (Å²) in [7, 11) is 1.82. The van der Waals surface area contributed by atoms with Crippen molar-refractivity contribution >= 4 is 5.91 Å². The molecule has 4 heteroatoms. The number of carbonyl (C=O) groups excluding carboxylic acids is 1. The van der Waals surface area contributed by atoms with Gasteiger partial charge in [0.2, 0.25) is 0 Å². The summed E-state index contributed by atoms with van der Waals surface area (Å²) in [4.78, 5) is 14.3. The summed E-state index contributed by atoms with van der Waals surface area (Å²) < 4.78 is 5.98. The fourth-order valence-corrected chi connectivity index (χ4v) is 2.90. The molecule has 1 aliphatic rings. The second-order valence-electron chi connectivity index (χ2n) is 7.08. The molecule has 1 aliphatic carbocycles. The van der Waals surface area contributed by atoms with Crippen molar-refractivity contribution in [2.75, 3.05) is 20.1 Å². The van der Waals surface area contributed by atoms with Gasteiger partial charge in [-0.1, -0.05) is 19.9 Å². The third kappa shape index (κ3) is 4.47. The Labute approximate surface area is 133 Å². The molecular weight excluding hydrogens is 276 g/mol. The van der Waals surface area contributed by atoms with Gasteiger partial charge in [-0.2, -0.15) is 0 Å². The Morgan fingerprint density at radius 2 is 2.05 bits per heavy atom. The van der Waals surface area contributed by atoms with Crippen LogP contribution in [0.2, 0.25) is 0 Å². The minimum absolute atomic E-state index is 0.0124. The van der Waals surface area contributed by atoms with E-state index in [4.69, 9.17) is 10.5 Å². The molecule has 4 nitrogen and oxygen atoms in total. The van der Waals surface area contributed by atoms with Crippen molar-refractivity contribution < 1.29 is 9.53 Å². The first kappa shape index (κ1) is 16.8. The zero-order valence-corrected chi connectivity index (χ0v) is 14.0. The van der Waals surface area contributed by atoms with Crippen LogP contribution >= 0.6 is 0 Å². The van der Waals surface area contributed by atoms with Crippen LogP contribution < -0.4 is 10.5 Å². The van der Waals surface area contributed by atoms with Gasteiger partial charge in [-0.25, -0.2) is 0 Å². The SMILES string of the molecule is CN(CC(C)(C)CN)C(=O)c1cccc(OC2CCCC2)c1. The van der Waals surface area contributed by atoms with Gasteiger partial charge in [0, 0.05) is 19.2 Å². The average Bonchev–Trinajstić information content (AvgIpc) is 2.99. The predicted octanol–water partition coefficient (Wildman–Crippen LogP) is 3.06. The van der Waals surface area contributed by atoms with Gasteiger partial charge < -0.3 is 15.4 Å². The summed E-state index contributed by atoms with van der Waals surface area (Å²) in [5.41, 5.74) is 6.34. The van der Waals surface area contributed by atoms with E-state index in [1.165, 1.54) is 12.8 Å². The zero-order valence-electron chi connectivity index (χ0n) is 14.0. The second-order valence-corrected chi connectivity index (χ2v) is 7.08. The van der Waals surface area contributed by atoms with E-state index in [0.717, 1.165) is 18.6 Å². The van der Waals surface area contributed by atoms with Crippen LogP contribution in [0.5, 0.6) is 5.75 Å². The minimum atomic E-state index is -0.0810. The van der Waals surface area contributed by atoms with E-state index in [1.807, 2.05) is 31.3 Å². The lowest BCUT2D eigenvalue weighted by atomic mass is 9.93. The largest absolute Gasteiger partial charge is 0.490 e. The van der Waals surface area contributed by atoms with Gasteiger partial charge in [-0.05, 0) is 55.8 Å². The lowest BCUT2D eigenvalue weighted by molar-refractivity contribution is 0.0739. The Balaban J connectivity index is 2.02. The standard InChI is InChI=1S/C18H28N2O2/c1-18(2,12-19)13-20(3)17(21)14-7-6-10-16(11-14)22-15-8-4-5-9-15/h6-7,10-11,15H,4-5,8-9,12-13,19H2,1-3H3. The molecule has 122 valence electrons. The van der Waals surface area contributed by atoms with Gasteiger partial charge >= 0.3 is 0 Å². The van der Waals surface area contributed by atoms with E-state index < -0.39 is 0 Å². The van der Waals surface area contributed by atoms with Crippen LogP contribution in [0, 0.1) is 5.41 Å². The van der Waals surface area contributed by atoms with E-state index >= 15 is 0 Å². The predicted molar refractivity (Wildman–Crippen MR) is 89.1 cm³/mol. The molecule has 1 amide bonds. The molecule has 22 heavy (non-hydrogen) atoms. The van der Waals surface area contributed by atoms with Crippen molar-refractivity contribution in [2.24, 2.45) is 11.1 Å². The third-order valence-electron chi connectivity index (χ3n) is 4.25. The van der Waals surface area contributed by atoms with Crippen molar-refractivity contribution in [2.45, 2.75) is 45.6 Å². The molecule has 0 aliphatic heterocycles. The number of benzene rings is 1. The van der Waals surface area contributed by atoms with Gasteiger partial charge in [-0.15, -0.1) is 0 Å². The molecule has 2 N–H and O–H groups in total. The third-order valence-corrected chi connectivity index (χ3v) is 4.25. The molecule has 1 aromatic carbocycles. The molecule has 0 aromatic heterocycles. The summed E-state index contributed by atoms with van der Waals surface area (Å²) >= 11 is 0. The van der Waals surface area contributed by atoms with Crippen LogP contribution in [0.3, 0.4) is 0 Å². The van der Waals surface area contributed by atoms with Crippen LogP contribution in [-0.2, 0) is 0 Å². The van der Waals surface area contributed by atoms with E-state index in [-0.39, 0.29) is 11.3 Å². The summed E-state index contributed by atoms with van der Waals surface area (Å²) in [6, 6.07) is 7.51. The highest BCUT2D eigenvalue weighted by Gasteiger charge is 2.22. The van der Waals surface area contributed by atoms with Gasteiger partial charge in [-0.3, -0.25) is 4.79 Å². The molecule has 0 unspecified atom stereocenters. The Hall–Kier alpha value is -1.55. The van der Waals surface area contributed by atoms with Crippen LogP contribution in [0.15, 0.2) is 24.3 Å². The highest BCUT2D eigenvalue weighted by atomic mass is 16.5. The maximum atomic E-state index is 12.6. The number of ether oxygens (including phenoxy) is 1. The van der Waals surface area contributed by atoms with Crippen molar-refractivity contribution in [1.82, 2.24) is 4.90 Å². The summed E-state index contributed by atoms with van der Waals surface area (Å²) in [5, 5.41) is 0. The highest BCUT2D eigenvalue weighted by molar-refractivity contribution is 5.94.